The van der Waals surface area contributed by atoms with Gasteiger partial charge in [0, 0.05) is 17.8 Å². The fraction of sp³-hybridized carbons (Fsp3) is 0.235. The molecular weight excluding hydrogens is 294 g/mol. The van der Waals surface area contributed by atoms with Gasteiger partial charge in [-0.25, -0.2) is 0 Å². The molecule has 6 nitrogen and oxygen atoms in total. The molecular formula is C17H15N3O3. The maximum Gasteiger partial charge on any atom is 0.323 e. The van der Waals surface area contributed by atoms with Gasteiger partial charge in [-0.15, -0.1) is 0 Å². The molecule has 1 aromatic heterocycles. The van der Waals surface area contributed by atoms with Gasteiger partial charge >= 0.3 is 6.21 Å². The number of aromatic nitrogens is 1. The number of hydrogen-bond donors (Lipinski definition) is 0. The summed E-state index contributed by atoms with van der Waals surface area (Å²) in [4.78, 5) is 27.4. The molecule has 0 bridgehead atoms. The van der Waals surface area contributed by atoms with E-state index in [0.29, 0.717) is 30.0 Å². The first-order valence-corrected chi connectivity index (χ1v) is 7.25. The average molecular weight is 309 g/mol. The molecule has 2 heterocycles. The van der Waals surface area contributed by atoms with E-state index in [1.165, 1.54) is 0 Å². The van der Waals surface area contributed by atoms with Gasteiger partial charge in [-0.3, -0.25) is 9.59 Å². The smallest absolute Gasteiger partial charge is 0.323 e. The first kappa shape index (κ1) is 14.9. The van der Waals surface area contributed by atoms with Crippen molar-refractivity contribution in [3.05, 3.63) is 58.9 Å². The predicted octanol–water partition coefficient (Wildman–Crippen LogP) is 2.08. The summed E-state index contributed by atoms with van der Waals surface area (Å²) in [5.74, 6) is -0.0187. The third-order valence-corrected chi connectivity index (χ3v) is 4.13. The third kappa shape index (κ3) is 2.60. The topological polar surface area (TPSA) is 84.7 Å². The Hall–Kier alpha value is -2.98. The Morgan fingerprint density at radius 2 is 2.00 bits per heavy atom. The van der Waals surface area contributed by atoms with Gasteiger partial charge in [-0.05, 0) is 42.8 Å². The van der Waals surface area contributed by atoms with Crippen LogP contribution < -0.4 is 4.74 Å². The van der Waals surface area contributed by atoms with Gasteiger partial charge < -0.3 is 14.8 Å². The molecule has 0 aliphatic carbocycles. The molecule has 6 heteroatoms. The highest BCUT2D eigenvalue weighted by molar-refractivity contribution is 6.28. The van der Waals surface area contributed by atoms with Gasteiger partial charge in [0.05, 0.1) is 18.7 Å². The van der Waals surface area contributed by atoms with Crippen LogP contribution in [-0.2, 0) is 11.3 Å². The summed E-state index contributed by atoms with van der Waals surface area (Å²) >= 11 is 0. The lowest BCUT2D eigenvalue weighted by Gasteiger charge is -2.06. The molecule has 0 spiro atoms. The Morgan fingerprint density at radius 3 is 2.65 bits per heavy atom. The molecule has 3 rings (SSSR count). The summed E-state index contributed by atoms with van der Waals surface area (Å²) in [6.07, 6.45) is 1.52. The van der Waals surface area contributed by atoms with Crippen LogP contribution in [0.3, 0.4) is 0 Å². The average Bonchev–Trinajstić information content (AvgIpc) is 3.16. The molecule has 2 aromatic rings. The van der Waals surface area contributed by atoms with Crippen LogP contribution in [-0.4, -0.2) is 34.2 Å². The Morgan fingerprint density at radius 1 is 1.26 bits per heavy atom. The quantitative estimate of drug-likeness (QED) is 0.367. The maximum absolute atomic E-state index is 12.7. The normalized spacial score (nSPS) is 15.6. The number of ketones is 2. The highest BCUT2D eigenvalue weighted by atomic mass is 16.5. The first-order valence-electron chi connectivity index (χ1n) is 7.25. The highest BCUT2D eigenvalue weighted by Crippen LogP contribution is 2.31. The van der Waals surface area contributed by atoms with Crippen LogP contribution in [0, 0.1) is 0 Å². The Kier molecular flexibility index (Phi) is 3.91. The van der Waals surface area contributed by atoms with Crippen LogP contribution in [0.15, 0.2) is 36.4 Å². The summed E-state index contributed by atoms with van der Waals surface area (Å²) in [6.45, 7) is 0.592. The summed E-state index contributed by atoms with van der Waals surface area (Å²) in [7, 11) is 1.57. The fourth-order valence-corrected chi connectivity index (χ4v) is 2.97. The number of hydrogen-bond acceptors (Lipinski definition) is 3. The zero-order valence-corrected chi connectivity index (χ0v) is 12.6. The van der Waals surface area contributed by atoms with Crippen molar-refractivity contribution >= 4 is 17.8 Å². The summed E-state index contributed by atoms with van der Waals surface area (Å²) < 4.78 is 6.95. The fourth-order valence-electron chi connectivity index (χ4n) is 2.97. The minimum atomic E-state index is -0.358. The molecule has 1 aliphatic rings. The van der Waals surface area contributed by atoms with E-state index in [-0.39, 0.29) is 17.5 Å². The van der Waals surface area contributed by atoms with Crippen LogP contribution in [0.5, 0.6) is 5.75 Å². The van der Waals surface area contributed by atoms with Crippen LogP contribution in [0.25, 0.3) is 5.53 Å². The maximum atomic E-state index is 12.7. The van der Waals surface area contributed by atoms with Crippen molar-refractivity contribution in [2.75, 3.05) is 7.11 Å². The second kappa shape index (κ2) is 6.02. The molecule has 23 heavy (non-hydrogen) atoms. The van der Waals surface area contributed by atoms with Crippen LogP contribution in [0.4, 0.5) is 0 Å². The van der Waals surface area contributed by atoms with Crippen LogP contribution >= 0.6 is 0 Å². The van der Waals surface area contributed by atoms with Crippen molar-refractivity contribution in [2.24, 2.45) is 0 Å². The number of carbonyl (C=O) groups is 2. The predicted molar refractivity (Wildman–Crippen MR) is 82.9 cm³/mol. The number of ether oxygens (including phenoxy) is 1. The van der Waals surface area contributed by atoms with Crippen molar-refractivity contribution in [1.82, 2.24) is 4.57 Å². The van der Waals surface area contributed by atoms with Gasteiger partial charge in [-0.1, -0.05) is 0 Å². The van der Waals surface area contributed by atoms with Crippen molar-refractivity contribution < 1.29 is 19.1 Å². The number of benzene rings is 1. The number of methoxy groups -OCH3 is 1. The van der Waals surface area contributed by atoms with E-state index in [0.717, 1.165) is 11.9 Å². The minimum Gasteiger partial charge on any atom is -0.497 e. The molecule has 1 aromatic carbocycles. The first-order chi connectivity index (χ1) is 11.2. The van der Waals surface area contributed by atoms with Crippen molar-refractivity contribution in [1.29, 1.82) is 0 Å². The zero-order valence-electron chi connectivity index (χ0n) is 12.6. The van der Waals surface area contributed by atoms with E-state index in [1.54, 1.807) is 43.5 Å². The van der Waals surface area contributed by atoms with E-state index in [2.05, 4.69) is 4.79 Å². The summed E-state index contributed by atoms with van der Waals surface area (Å²) in [6, 6.07) is 10.4. The number of Topliss-reactive ketones (excluding diaryl/α,β-unsaturated/α-hetero) is 1. The lowest BCUT2D eigenvalue weighted by atomic mass is 10.0. The van der Waals surface area contributed by atoms with Gasteiger partial charge in [0.1, 0.15) is 5.75 Å². The standard InChI is InChI=1S/C17H15N3O3/c1-23-12-4-2-11(3-5-12)17(22)15-7-6-14-13(8-9-20(14)15)16(21)10-19-18/h2-7,10,13H,8-9H2,1H3. The number of rotatable bonds is 5. The van der Waals surface area contributed by atoms with Gasteiger partial charge in [0.15, 0.2) is 0 Å². The monoisotopic (exact) mass is 309 g/mol. The second-order valence-electron chi connectivity index (χ2n) is 5.34. The van der Waals surface area contributed by atoms with Crippen molar-refractivity contribution in [2.45, 2.75) is 18.9 Å². The van der Waals surface area contributed by atoms with E-state index in [4.69, 9.17) is 10.3 Å². The SMILES string of the molecule is COc1ccc(C(=O)c2ccc3n2CCC3C(=O)C=[N+]=[N-])cc1. The van der Waals surface area contributed by atoms with E-state index in [9.17, 15) is 9.59 Å². The molecule has 0 saturated carbocycles. The second-order valence-corrected chi connectivity index (χ2v) is 5.34. The molecule has 0 saturated heterocycles. The lowest BCUT2D eigenvalue weighted by Crippen LogP contribution is -2.11. The van der Waals surface area contributed by atoms with E-state index >= 15 is 0 Å². The number of fused-ring (bicyclic) bond motifs is 1. The molecule has 1 aliphatic heterocycles. The van der Waals surface area contributed by atoms with Crippen LogP contribution in [0.1, 0.15) is 34.1 Å². The third-order valence-electron chi connectivity index (χ3n) is 4.13. The summed E-state index contributed by atoms with van der Waals surface area (Å²) in [5, 5.41) is 0. The zero-order chi connectivity index (χ0) is 16.4. The lowest BCUT2D eigenvalue weighted by molar-refractivity contribution is -0.117. The van der Waals surface area contributed by atoms with E-state index < -0.39 is 0 Å². The number of carbonyl (C=O) groups excluding carboxylic acids is 2. The Balaban J connectivity index is 1.90. The molecule has 0 fully saturated rings. The Bertz CT molecular complexity index is 814. The molecule has 116 valence electrons. The van der Waals surface area contributed by atoms with Crippen molar-refractivity contribution in [3.63, 3.8) is 0 Å². The molecule has 1 unspecified atom stereocenters. The molecule has 0 N–H and O–H groups in total. The van der Waals surface area contributed by atoms with Gasteiger partial charge in [-0.2, -0.15) is 4.79 Å². The van der Waals surface area contributed by atoms with Crippen LogP contribution in [0.2, 0.25) is 0 Å². The largest absolute Gasteiger partial charge is 0.497 e. The molecule has 1 atom stereocenters. The Labute approximate surface area is 132 Å². The summed E-state index contributed by atoms with van der Waals surface area (Å²) in [5.41, 5.74) is 10.4. The van der Waals surface area contributed by atoms with Gasteiger partial charge in [0.2, 0.25) is 11.6 Å². The molecule has 0 amide bonds. The van der Waals surface area contributed by atoms with Crippen molar-refractivity contribution in [3.8, 4) is 5.75 Å². The minimum absolute atomic E-state index is 0.0946. The number of nitrogens with zero attached hydrogens (tertiary/aromatic N) is 3. The van der Waals surface area contributed by atoms with E-state index in [1.807, 2.05) is 4.57 Å². The van der Waals surface area contributed by atoms with Gasteiger partial charge in [0.25, 0.3) is 0 Å². The highest BCUT2D eigenvalue weighted by Gasteiger charge is 2.32. The molecule has 0 radical (unpaired) electrons.